The third-order valence-electron chi connectivity index (χ3n) is 3.22. The molecule has 1 aromatic carbocycles. The van der Waals surface area contributed by atoms with Crippen molar-refractivity contribution in [3.8, 4) is 5.75 Å². The van der Waals surface area contributed by atoms with Crippen LogP contribution >= 0.6 is 0 Å². The Morgan fingerprint density at radius 3 is 2.43 bits per heavy atom. The molecule has 1 aromatic rings. The zero-order valence-electron chi connectivity index (χ0n) is 15.0. The highest BCUT2D eigenvalue weighted by atomic mass is 16.5. The van der Waals surface area contributed by atoms with E-state index in [1.54, 1.807) is 7.05 Å². The molecule has 0 atom stereocenters. The van der Waals surface area contributed by atoms with Crippen LogP contribution in [-0.4, -0.2) is 42.5 Å². The standard InChI is InChI=1S/C18H28N2O3/c1-13-7-8-15(14(2)11-13)23-10-9-17(22)20(6)12-16(21)19-18(3,4)5/h7-8,11H,9-10,12H2,1-6H3,(H,19,21). The molecule has 0 aliphatic heterocycles. The Kier molecular flexibility index (Phi) is 6.61. The third-order valence-corrected chi connectivity index (χ3v) is 3.22. The fraction of sp³-hybridized carbons (Fsp3) is 0.556. The second kappa shape index (κ2) is 7.99. The van der Waals surface area contributed by atoms with Gasteiger partial charge in [0, 0.05) is 12.6 Å². The van der Waals surface area contributed by atoms with Crippen LogP contribution in [0, 0.1) is 13.8 Å². The molecule has 5 nitrogen and oxygen atoms in total. The van der Waals surface area contributed by atoms with Crippen molar-refractivity contribution < 1.29 is 14.3 Å². The summed E-state index contributed by atoms with van der Waals surface area (Å²) in [6, 6.07) is 5.93. The normalized spacial score (nSPS) is 11.0. The van der Waals surface area contributed by atoms with Gasteiger partial charge in [-0.05, 0) is 46.2 Å². The first-order valence-electron chi connectivity index (χ1n) is 7.83. The maximum absolute atomic E-state index is 12.0. The van der Waals surface area contributed by atoms with E-state index in [0.717, 1.165) is 11.3 Å². The molecule has 0 saturated heterocycles. The lowest BCUT2D eigenvalue weighted by atomic mass is 10.1. The zero-order valence-corrected chi connectivity index (χ0v) is 15.0. The summed E-state index contributed by atoms with van der Waals surface area (Å²) in [6.45, 7) is 10.1. The number of benzene rings is 1. The molecule has 23 heavy (non-hydrogen) atoms. The van der Waals surface area contributed by atoms with Crippen LogP contribution in [-0.2, 0) is 9.59 Å². The molecule has 128 valence electrons. The molecule has 1 rings (SSSR count). The van der Waals surface area contributed by atoms with Gasteiger partial charge in [-0.3, -0.25) is 9.59 Å². The van der Waals surface area contributed by atoms with Crippen LogP contribution in [0.15, 0.2) is 18.2 Å². The number of carbonyl (C=O) groups is 2. The van der Waals surface area contributed by atoms with E-state index in [1.807, 2.05) is 52.8 Å². The van der Waals surface area contributed by atoms with Gasteiger partial charge in [-0.1, -0.05) is 17.7 Å². The lowest BCUT2D eigenvalue weighted by molar-refractivity contribution is -0.135. The molecular weight excluding hydrogens is 292 g/mol. The lowest BCUT2D eigenvalue weighted by Gasteiger charge is -2.23. The van der Waals surface area contributed by atoms with Crippen LogP contribution in [0.25, 0.3) is 0 Å². The number of hydrogen-bond donors (Lipinski definition) is 1. The molecule has 1 N–H and O–H groups in total. The Balaban J connectivity index is 2.39. The predicted molar refractivity (Wildman–Crippen MR) is 91.6 cm³/mol. The first-order chi connectivity index (χ1) is 10.6. The van der Waals surface area contributed by atoms with Crippen molar-refractivity contribution in [1.82, 2.24) is 10.2 Å². The smallest absolute Gasteiger partial charge is 0.240 e. The molecule has 0 radical (unpaired) electrons. The number of hydrogen-bond acceptors (Lipinski definition) is 3. The zero-order chi connectivity index (χ0) is 17.6. The maximum Gasteiger partial charge on any atom is 0.240 e. The van der Waals surface area contributed by atoms with Crippen molar-refractivity contribution in [2.24, 2.45) is 0 Å². The molecule has 0 bridgehead atoms. The van der Waals surface area contributed by atoms with Gasteiger partial charge in [-0.2, -0.15) is 0 Å². The Morgan fingerprint density at radius 2 is 1.87 bits per heavy atom. The molecule has 0 spiro atoms. The van der Waals surface area contributed by atoms with Crippen molar-refractivity contribution >= 4 is 11.8 Å². The molecule has 0 fully saturated rings. The number of nitrogens with zero attached hydrogens (tertiary/aromatic N) is 1. The number of likely N-dealkylation sites (N-methyl/N-ethyl adjacent to an activating group) is 1. The van der Waals surface area contributed by atoms with Gasteiger partial charge in [0.2, 0.25) is 11.8 Å². The van der Waals surface area contributed by atoms with E-state index in [1.165, 1.54) is 10.5 Å². The summed E-state index contributed by atoms with van der Waals surface area (Å²) in [5, 5.41) is 2.84. The van der Waals surface area contributed by atoms with Crippen LogP contribution in [0.3, 0.4) is 0 Å². The predicted octanol–water partition coefficient (Wildman–Crippen LogP) is 2.45. The van der Waals surface area contributed by atoms with Crippen molar-refractivity contribution in [2.45, 2.75) is 46.6 Å². The van der Waals surface area contributed by atoms with Gasteiger partial charge in [0.05, 0.1) is 19.6 Å². The molecule has 0 unspecified atom stereocenters. The number of nitrogens with one attached hydrogen (secondary N) is 1. The highest BCUT2D eigenvalue weighted by Gasteiger charge is 2.17. The van der Waals surface area contributed by atoms with Gasteiger partial charge in [0.15, 0.2) is 0 Å². The molecule has 0 aliphatic rings. The number of carbonyl (C=O) groups excluding carboxylic acids is 2. The maximum atomic E-state index is 12.0. The quantitative estimate of drug-likeness (QED) is 0.876. The van der Waals surface area contributed by atoms with Gasteiger partial charge in [0.25, 0.3) is 0 Å². The summed E-state index contributed by atoms with van der Waals surface area (Å²) in [5.41, 5.74) is 1.93. The van der Waals surface area contributed by atoms with Crippen molar-refractivity contribution in [2.75, 3.05) is 20.2 Å². The van der Waals surface area contributed by atoms with Gasteiger partial charge in [-0.25, -0.2) is 0 Å². The summed E-state index contributed by atoms with van der Waals surface area (Å²) >= 11 is 0. The Morgan fingerprint density at radius 1 is 1.22 bits per heavy atom. The summed E-state index contributed by atoms with van der Waals surface area (Å²) in [5.74, 6) is 0.513. The topological polar surface area (TPSA) is 58.6 Å². The average Bonchev–Trinajstić information content (AvgIpc) is 2.38. The number of rotatable bonds is 6. The molecule has 0 aliphatic carbocycles. The second-order valence-corrected chi connectivity index (χ2v) is 6.92. The van der Waals surface area contributed by atoms with Crippen molar-refractivity contribution in [3.05, 3.63) is 29.3 Å². The second-order valence-electron chi connectivity index (χ2n) is 6.92. The van der Waals surface area contributed by atoms with Crippen LogP contribution in [0.4, 0.5) is 0 Å². The highest BCUT2D eigenvalue weighted by molar-refractivity contribution is 5.84. The minimum atomic E-state index is -0.299. The van der Waals surface area contributed by atoms with Crippen LogP contribution in [0.1, 0.15) is 38.3 Å². The first kappa shape index (κ1) is 19.0. The average molecular weight is 320 g/mol. The summed E-state index contributed by atoms with van der Waals surface area (Å²) in [6.07, 6.45) is 0.243. The minimum absolute atomic E-state index is 0.0552. The molecule has 0 saturated carbocycles. The fourth-order valence-electron chi connectivity index (χ4n) is 2.16. The van der Waals surface area contributed by atoms with Crippen molar-refractivity contribution in [1.29, 1.82) is 0 Å². The van der Waals surface area contributed by atoms with E-state index < -0.39 is 0 Å². The SMILES string of the molecule is Cc1ccc(OCCC(=O)N(C)CC(=O)NC(C)(C)C)c(C)c1. The molecule has 0 aromatic heterocycles. The molecular formula is C18H28N2O3. The van der Waals surface area contributed by atoms with Crippen LogP contribution < -0.4 is 10.1 Å². The Hall–Kier alpha value is -2.04. The van der Waals surface area contributed by atoms with E-state index in [9.17, 15) is 9.59 Å². The number of aryl methyl sites for hydroxylation is 2. The largest absolute Gasteiger partial charge is 0.493 e. The lowest BCUT2D eigenvalue weighted by Crippen LogP contribution is -2.46. The van der Waals surface area contributed by atoms with Gasteiger partial charge in [0.1, 0.15) is 5.75 Å². The fourth-order valence-corrected chi connectivity index (χ4v) is 2.16. The number of amides is 2. The minimum Gasteiger partial charge on any atom is -0.493 e. The number of ether oxygens (including phenoxy) is 1. The Labute approximate surface area is 139 Å². The van der Waals surface area contributed by atoms with E-state index in [0.29, 0.717) is 6.61 Å². The third kappa shape index (κ3) is 7.17. The van der Waals surface area contributed by atoms with E-state index in [4.69, 9.17) is 4.74 Å². The van der Waals surface area contributed by atoms with Crippen LogP contribution in [0.5, 0.6) is 5.75 Å². The molecule has 2 amide bonds. The van der Waals surface area contributed by atoms with Crippen molar-refractivity contribution in [3.63, 3.8) is 0 Å². The van der Waals surface area contributed by atoms with Gasteiger partial charge in [-0.15, -0.1) is 0 Å². The first-order valence-corrected chi connectivity index (χ1v) is 7.83. The Bertz CT molecular complexity index is 562. The van der Waals surface area contributed by atoms with E-state index in [2.05, 4.69) is 5.32 Å². The summed E-state index contributed by atoms with van der Waals surface area (Å²) in [4.78, 5) is 25.3. The summed E-state index contributed by atoms with van der Waals surface area (Å²) in [7, 11) is 1.63. The highest BCUT2D eigenvalue weighted by Crippen LogP contribution is 2.18. The van der Waals surface area contributed by atoms with Crippen LogP contribution in [0.2, 0.25) is 0 Å². The summed E-state index contributed by atoms with van der Waals surface area (Å²) < 4.78 is 5.65. The monoisotopic (exact) mass is 320 g/mol. The van der Waals surface area contributed by atoms with E-state index >= 15 is 0 Å². The van der Waals surface area contributed by atoms with E-state index in [-0.39, 0.29) is 30.3 Å². The van der Waals surface area contributed by atoms with Gasteiger partial charge < -0.3 is 15.0 Å². The molecule has 0 heterocycles. The van der Waals surface area contributed by atoms with Gasteiger partial charge >= 0.3 is 0 Å². The molecule has 5 heteroatoms.